The molecule has 3 heterocycles. The maximum atomic E-state index is 4.82. The van der Waals surface area contributed by atoms with Gasteiger partial charge in [0.25, 0.3) is 0 Å². The van der Waals surface area contributed by atoms with E-state index in [-0.39, 0.29) is 0 Å². The van der Waals surface area contributed by atoms with E-state index in [0.29, 0.717) is 17.5 Å². The zero-order valence-electron chi connectivity index (χ0n) is 19.8. The Morgan fingerprint density at radius 3 is 2.08 bits per heavy atom. The van der Waals surface area contributed by atoms with Crippen molar-refractivity contribution in [2.45, 2.75) is 0 Å². The number of aromatic nitrogens is 4. The standard InChI is InChI=1S/C30H24N6/c1-36(27-11-6-21-4-2-3-5-25(21)20-27)26-9-7-22(8-10-26)28-33-29(23-12-16-31-17-13-23)35-30(34-28)24-14-18-32-19-15-24/h2-18,20,32H,19H2,1H3. The van der Waals surface area contributed by atoms with Crippen molar-refractivity contribution in [2.24, 2.45) is 0 Å². The van der Waals surface area contributed by atoms with Crippen LogP contribution in [0.4, 0.5) is 11.4 Å². The minimum atomic E-state index is 0.627. The summed E-state index contributed by atoms with van der Waals surface area (Å²) >= 11 is 0. The molecule has 0 atom stereocenters. The Morgan fingerprint density at radius 1 is 0.694 bits per heavy atom. The molecule has 6 nitrogen and oxygen atoms in total. The van der Waals surface area contributed by atoms with Crippen molar-refractivity contribution in [1.82, 2.24) is 25.3 Å². The van der Waals surface area contributed by atoms with Crippen LogP contribution in [0.25, 0.3) is 39.1 Å². The average Bonchev–Trinajstić information content (AvgIpc) is 2.97. The monoisotopic (exact) mass is 468 g/mol. The summed E-state index contributed by atoms with van der Waals surface area (Å²) in [7, 11) is 2.08. The number of benzene rings is 3. The molecule has 0 amide bonds. The molecule has 1 aliphatic rings. The molecule has 0 bridgehead atoms. The molecular weight excluding hydrogens is 444 g/mol. The number of hydrogen-bond donors (Lipinski definition) is 1. The summed E-state index contributed by atoms with van der Waals surface area (Å²) in [5.74, 6) is 1.92. The third-order valence-electron chi connectivity index (χ3n) is 6.29. The van der Waals surface area contributed by atoms with Crippen LogP contribution in [-0.2, 0) is 0 Å². The summed E-state index contributed by atoms with van der Waals surface area (Å²) in [4.78, 5) is 20.7. The van der Waals surface area contributed by atoms with Gasteiger partial charge in [-0.25, -0.2) is 15.0 Å². The van der Waals surface area contributed by atoms with Gasteiger partial charge in [0.2, 0.25) is 0 Å². The van der Waals surface area contributed by atoms with E-state index < -0.39 is 0 Å². The van der Waals surface area contributed by atoms with Crippen LogP contribution >= 0.6 is 0 Å². The molecule has 2 aromatic heterocycles. The lowest BCUT2D eigenvalue weighted by Gasteiger charge is -2.20. The first kappa shape index (κ1) is 21.7. The van der Waals surface area contributed by atoms with E-state index in [1.54, 1.807) is 12.4 Å². The zero-order valence-corrected chi connectivity index (χ0v) is 19.8. The molecule has 6 rings (SSSR count). The highest BCUT2D eigenvalue weighted by Crippen LogP contribution is 2.29. The van der Waals surface area contributed by atoms with Crippen molar-refractivity contribution in [2.75, 3.05) is 18.5 Å². The fourth-order valence-electron chi connectivity index (χ4n) is 4.25. The fraction of sp³-hybridized carbons (Fsp3) is 0.0667. The van der Waals surface area contributed by atoms with Crippen molar-refractivity contribution in [3.63, 3.8) is 0 Å². The van der Waals surface area contributed by atoms with E-state index in [4.69, 9.17) is 15.0 Å². The molecule has 6 heteroatoms. The lowest BCUT2D eigenvalue weighted by Crippen LogP contribution is -2.10. The van der Waals surface area contributed by atoms with Crippen LogP contribution in [0.5, 0.6) is 0 Å². The van der Waals surface area contributed by atoms with Gasteiger partial charge in [-0.2, -0.15) is 0 Å². The highest BCUT2D eigenvalue weighted by atomic mass is 15.1. The molecule has 174 valence electrons. The Morgan fingerprint density at radius 2 is 1.36 bits per heavy atom. The SMILES string of the molecule is CN(c1ccc(-c2nc(C3=CCNC=C3)nc(-c3ccncc3)n2)cc1)c1ccc2ccccc2c1. The van der Waals surface area contributed by atoms with E-state index in [1.165, 1.54) is 10.8 Å². The summed E-state index contributed by atoms with van der Waals surface area (Å²) in [6, 6.07) is 27.1. The number of dihydropyridines is 1. The summed E-state index contributed by atoms with van der Waals surface area (Å²) in [5.41, 5.74) is 5.03. The molecule has 0 unspecified atom stereocenters. The van der Waals surface area contributed by atoms with Crippen LogP contribution in [0.3, 0.4) is 0 Å². The van der Waals surface area contributed by atoms with Crippen LogP contribution in [0.1, 0.15) is 5.82 Å². The first-order chi connectivity index (χ1) is 17.7. The van der Waals surface area contributed by atoms with Gasteiger partial charge in [-0.1, -0.05) is 36.4 Å². The van der Waals surface area contributed by atoms with Crippen LogP contribution in [-0.4, -0.2) is 33.5 Å². The maximum absolute atomic E-state index is 4.82. The van der Waals surface area contributed by atoms with Gasteiger partial charge >= 0.3 is 0 Å². The molecule has 36 heavy (non-hydrogen) atoms. The molecule has 0 spiro atoms. The summed E-state index contributed by atoms with van der Waals surface area (Å²) in [6.45, 7) is 0.743. The maximum Gasteiger partial charge on any atom is 0.164 e. The average molecular weight is 469 g/mol. The predicted octanol–water partition coefficient (Wildman–Crippen LogP) is 6.02. The van der Waals surface area contributed by atoms with Gasteiger partial charge < -0.3 is 10.2 Å². The molecule has 0 fully saturated rings. The Hall–Kier alpha value is -4.84. The normalized spacial score (nSPS) is 12.8. The summed E-state index contributed by atoms with van der Waals surface area (Å²) < 4.78 is 0. The number of nitrogens with one attached hydrogen (secondary N) is 1. The second-order valence-corrected chi connectivity index (χ2v) is 8.58. The third-order valence-corrected chi connectivity index (χ3v) is 6.29. The van der Waals surface area contributed by atoms with Crippen molar-refractivity contribution in [3.8, 4) is 22.8 Å². The zero-order chi connectivity index (χ0) is 24.3. The minimum Gasteiger partial charge on any atom is -0.387 e. The van der Waals surface area contributed by atoms with E-state index in [1.807, 2.05) is 24.4 Å². The van der Waals surface area contributed by atoms with Crippen molar-refractivity contribution >= 4 is 27.7 Å². The fourth-order valence-corrected chi connectivity index (χ4v) is 4.25. The highest BCUT2D eigenvalue weighted by molar-refractivity contribution is 5.87. The first-order valence-corrected chi connectivity index (χ1v) is 11.8. The Labute approximate surface area is 209 Å². The van der Waals surface area contributed by atoms with Crippen LogP contribution in [0.2, 0.25) is 0 Å². The van der Waals surface area contributed by atoms with Gasteiger partial charge in [0.05, 0.1) is 0 Å². The van der Waals surface area contributed by atoms with Crippen molar-refractivity contribution in [1.29, 1.82) is 0 Å². The van der Waals surface area contributed by atoms with E-state index >= 15 is 0 Å². The molecule has 0 saturated carbocycles. The summed E-state index contributed by atoms with van der Waals surface area (Å²) in [6.07, 6.45) is 9.49. The van der Waals surface area contributed by atoms with E-state index in [2.05, 4.69) is 95.1 Å². The van der Waals surface area contributed by atoms with Gasteiger partial charge in [-0.3, -0.25) is 4.98 Å². The second kappa shape index (κ2) is 9.43. The number of nitrogens with zero attached hydrogens (tertiary/aromatic N) is 5. The first-order valence-electron chi connectivity index (χ1n) is 11.8. The van der Waals surface area contributed by atoms with Crippen LogP contribution in [0.15, 0.2) is 110 Å². The highest BCUT2D eigenvalue weighted by Gasteiger charge is 2.14. The molecule has 0 saturated heterocycles. The van der Waals surface area contributed by atoms with Gasteiger partial charge in [-0.05, 0) is 71.6 Å². The number of allylic oxidation sites excluding steroid dienone is 2. The Bertz CT molecular complexity index is 1590. The van der Waals surface area contributed by atoms with E-state index in [9.17, 15) is 0 Å². The quantitative estimate of drug-likeness (QED) is 0.340. The van der Waals surface area contributed by atoms with Crippen LogP contribution < -0.4 is 10.2 Å². The largest absolute Gasteiger partial charge is 0.387 e. The number of rotatable bonds is 5. The van der Waals surface area contributed by atoms with Crippen molar-refractivity contribution in [3.05, 3.63) is 115 Å². The number of anilines is 2. The third kappa shape index (κ3) is 4.32. The minimum absolute atomic E-state index is 0.627. The summed E-state index contributed by atoms with van der Waals surface area (Å²) in [5, 5.41) is 5.63. The van der Waals surface area contributed by atoms with Gasteiger partial charge in [0, 0.05) is 54.1 Å². The van der Waals surface area contributed by atoms with Crippen molar-refractivity contribution < 1.29 is 0 Å². The van der Waals surface area contributed by atoms with Gasteiger partial charge in [0.1, 0.15) is 0 Å². The predicted molar refractivity (Wildman–Crippen MR) is 146 cm³/mol. The lowest BCUT2D eigenvalue weighted by molar-refractivity contribution is 0.964. The lowest BCUT2D eigenvalue weighted by atomic mass is 10.1. The Kier molecular flexibility index (Phi) is 5.68. The molecule has 0 radical (unpaired) electrons. The Balaban J connectivity index is 1.35. The number of fused-ring (bicyclic) bond motifs is 1. The molecule has 1 aliphatic heterocycles. The second-order valence-electron chi connectivity index (χ2n) is 8.58. The number of hydrogen-bond acceptors (Lipinski definition) is 6. The molecule has 0 aliphatic carbocycles. The van der Waals surface area contributed by atoms with Gasteiger partial charge in [0.15, 0.2) is 17.5 Å². The van der Waals surface area contributed by atoms with E-state index in [0.717, 1.165) is 34.6 Å². The van der Waals surface area contributed by atoms with Gasteiger partial charge in [-0.15, -0.1) is 0 Å². The number of pyridine rings is 1. The molecule has 5 aromatic rings. The molecule has 3 aromatic carbocycles. The topological polar surface area (TPSA) is 66.8 Å². The van der Waals surface area contributed by atoms with Crippen LogP contribution in [0, 0.1) is 0 Å². The molecular formula is C30H24N6. The smallest absolute Gasteiger partial charge is 0.164 e. The molecule has 1 N–H and O–H groups in total.